The number of unbranched alkanes of at least 4 members (excludes halogenated alkanes) is 6. The van der Waals surface area contributed by atoms with E-state index in [1.165, 1.54) is 0 Å². The number of hydrogen-bond donors (Lipinski definition) is 2. The van der Waals surface area contributed by atoms with E-state index >= 15 is 0 Å². The molecular weight excluding hydrogens is 252 g/mol. The Bertz CT molecular complexity index is 323. The van der Waals surface area contributed by atoms with Gasteiger partial charge < -0.3 is 10.2 Å². The Labute approximate surface area is 123 Å². The topological polar surface area (TPSA) is 57.5 Å². The summed E-state index contributed by atoms with van der Waals surface area (Å²) in [7, 11) is 0. The lowest BCUT2D eigenvalue weighted by molar-refractivity contribution is -0.137. The molecule has 0 saturated heterocycles. The molecule has 0 radical (unpaired) electrons. The van der Waals surface area contributed by atoms with Crippen molar-refractivity contribution < 1.29 is 15.0 Å². The van der Waals surface area contributed by atoms with E-state index in [-0.39, 0.29) is 6.10 Å². The van der Waals surface area contributed by atoms with Crippen molar-refractivity contribution in [1.29, 1.82) is 0 Å². The lowest BCUT2D eigenvalue weighted by Gasteiger charge is -1.99. The zero-order valence-electron chi connectivity index (χ0n) is 12.6. The van der Waals surface area contributed by atoms with Crippen LogP contribution in [-0.2, 0) is 4.79 Å². The van der Waals surface area contributed by atoms with E-state index in [9.17, 15) is 9.90 Å². The first-order valence-corrected chi connectivity index (χ1v) is 7.71. The van der Waals surface area contributed by atoms with Crippen molar-refractivity contribution in [3.8, 4) is 11.8 Å². The Morgan fingerprint density at radius 2 is 1.80 bits per heavy atom. The van der Waals surface area contributed by atoms with E-state index in [1.807, 2.05) is 6.92 Å². The van der Waals surface area contributed by atoms with Gasteiger partial charge in [-0.1, -0.05) is 50.9 Å². The normalized spacial score (nSPS) is 12.1. The second-order valence-corrected chi connectivity index (χ2v) is 5.05. The molecule has 0 aliphatic carbocycles. The molecule has 0 unspecified atom stereocenters. The van der Waals surface area contributed by atoms with Crippen LogP contribution < -0.4 is 0 Å². The molecular formula is C17H28O3. The summed E-state index contributed by atoms with van der Waals surface area (Å²) in [4.78, 5) is 10.3. The van der Waals surface area contributed by atoms with Gasteiger partial charge in [-0.15, -0.1) is 0 Å². The predicted molar refractivity (Wildman–Crippen MR) is 82.4 cm³/mol. The molecule has 3 heteroatoms. The molecule has 114 valence electrons. The fourth-order valence-corrected chi connectivity index (χ4v) is 1.88. The summed E-state index contributed by atoms with van der Waals surface area (Å²) in [5.41, 5.74) is 0. The molecule has 0 aliphatic rings. The van der Waals surface area contributed by atoms with Gasteiger partial charge in [0.1, 0.15) is 0 Å². The van der Waals surface area contributed by atoms with Crippen molar-refractivity contribution in [1.82, 2.24) is 0 Å². The van der Waals surface area contributed by atoms with Crippen LogP contribution in [0.4, 0.5) is 0 Å². The lowest BCUT2D eigenvalue weighted by Crippen LogP contribution is -1.99. The SMILES string of the molecule is CCC[C@H](O)/C=C/C#CCCCCCCCCC(=O)O. The molecule has 2 N–H and O–H groups in total. The average molecular weight is 280 g/mol. The van der Waals surface area contributed by atoms with Gasteiger partial charge in [0.15, 0.2) is 0 Å². The molecule has 0 aromatic carbocycles. The second-order valence-electron chi connectivity index (χ2n) is 5.05. The van der Waals surface area contributed by atoms with E-state index < -0.39 is 5.97 Å². The standard InChI is InChI=1S/C17H28O3/c1-2-13-16(18)14-11-9-7-5-3-4-6-8-10-12-15-17(19)20/h11,14,16,18H,2-6,8,10,12-13,15H2,1H3,(H,19,20)/b14-11+/t16-/m0/s1. The number of hydrogen-bond acceptors (Lipinski definition) is 2. The van der Waals surface area contributed by atoms with Gasteiger partial charge in [-0.3, -0.25) is 4.79 Å². The first-order chi connectivity index (χ1) is 9.66. The number of rotatable bonds is 11. The molecule has 1 atom stereocenters. The monoisotopic (exact) mass is 280 g/mol. The highest BCUT2D eigenvalue weighted by atomic mass is 16.4. The maximum atomic E-state index is 10.3. The molecule has 20 heavy (non-hydrogen) atoms. The maximum Gasteiger partial charge on any atom is 0.303 e. The van der Waals surface area contributed by atoms with Crippen LogP contribution in [0.3, 0.4) is 0 Å². The molecule has 3 nitrogen and oxygen atoms in total. The van der Waals surface area contributed by atoms with Gasteiger partial charge in [-0.05, 0) is 31.4 Å². The molecule has 0 aromatic rings. The van der Waals surface area contributed by atoms with Gasteiger partial charge in [0, 0.05) is 12.8 Å². The van der Waals surface area contributed by atoms with Crippen molar-refractivity contribution in [2.24, 2.45) is 0 Å². The Kier molecular flexibility index (Phi) is 13.2. The van der Waals surface area contributed by atoms with Gasteiger partial charge in [-0.25, -0.2) is 0 Å². The third kappa shape index (κ3) is 14.8. The Hall–Kier alpha value is -1.27. The first-order valence-electron chi connectivity index (χ1n) is 7.71. The number of aliphatic hydroxyl groups excluding tert-OH is 1. The molecule has 0 rings (SSSR count). The summed E-state index contributed by atoms with van der Waals surface area (Å²) in [6.45, 7) is 2.05. The van der Waals surface area contributed by atoms with E-state index in [0.717, 1.165) is 57.8 Å². The first kappa shape index (κ1) is 18.7. The minimum absolute atomic E-state index is 0.293. The molecule has 0 saturated carbocycles. The van der Waals surface area contributed by atoms with Crippen LogP contribution in [0.25, 0.3) is 0 Å². The number of carboxylic acid groups (broad SMARTS) is 1. The highest BCUT2D eigenvalue weighted by molar-refractivity contribution is 5.66. The molecule has 0 aromatic heterocycles. The van der Waals surface area contributed by atoms with Crippen molar-refractivity contribution >= 4 is 5.97 Å². The minimum Gasteiger partial charge on any atom is -0.481 e. The molecule has 0 spiro atoms. The number of aliphatic hydroxyl groups is 1. The number of allylic oxidation sites excluding steroid dienone is 1. The molecule has 0 amide bonds. The van der Waals surface area contributed by atoms with Crippen molar-refractivity contribution in [2.45, 2.75) is 77.2 Å². The van der Waals surface area contributed by atoms with Gasteiger partial charge in [-0.2, -0.15) is 0 Å². The second kappa shape index (κ2) is 14.1. The number of aliphatic carboxylic acids is 1. The van der Waals surface area contributed by atoms with E-state index in [1.54, 1.807) is 12.2 Å². The number of carboxylic acids is 1. The number of carbonyl (C=O) groups is 1. The van der Waals surface area contributed by atoms with E-state index in [4.69, 9.17) is 5.11 Å². The summed E-state index contributed by atoms with van der Waals surface area (Å²) in [6, 6.07) is 0. The van der Waals surface area contributed by atoms with Crippen LogP contribution in [0.1, 0.15) is 71.1 Å². The minimum atomic E-state index is -0.697. The molecule has 0 aliphatic heterocycles. The summed E-state index contributed by atoms with van der Waals surface area (Å²) in [5.74, 6) is 5.32. The Balaban J connectivity index is 3.34. The fraction of sp³-hybridized carbons (Fsp3) is 0.706. The fourth-order valence-electron chi connectivity index (χ4n) is 1.88. The third-order valence-corrected chi connectivity index (χ3v) is 3.03. The van der Waals surface area contributed by atoms with Crippen molar-refractivity contribution in [2.75, 3.05) is 0 Å². The highest BCUT2D eigenvalue weighted by Crippen LogP contribution is 2.08. The molecule has 0 fully saturated rings. The summed E-state index contributed by atoms with van der Waals surface area (Å²) >= 11 is 0. The summed E-state index contributed by atoms with van der Waals surface area (Å²) in [5, 5.41) is 17.9. The lowest BCUT2D eigenvalue weighted by atomic mass is 10.1. The van der Waals surface area contributed by atoms with Crippen LogP contribution in [0, 0.1) is 11.8 Å². The summed E-state index contributed by atoms with van der Waals surface area (Å²) < 4.78 is 0. The zero-order chi connectivity index (χ0) is 15.1. The van der Waals surface area contributed by atoms with Crippen LogP contribution in [0.2, 0.25) is 0 Å². The summed E-state index contributed by atoms with van der Waals surface area (Å²) in [6.07, 6.45) is 12.4. The van der Waals surface area contributed by atoms with Gasteiger partial charge in [0.25, 0.3) is 0 Å². The predicted octanol–water partition coefficient (Wildman–Crippen LogP) is 3.91. The third-order valence-electron chi connectivity index (χ3n) is 3.03. The van der Waals surface area contributed by atoms with Crippen molar-refractivity contribution in [3.63, 3.8) is 0 Å². The smallest absolute Gasteiger partial charge is 0.303 e. The van der Waals surface area contributed by atoms with Crippen molar-refractivity contribution in [3.05, 3.63) is 12.2 Å². The highest BCUT2D eigenvalue weighted by Gasteiger charge is 1.96. The molecule has 0 bridgehead atoms. The molecule has 0 heterocycles. The van der Waals surface area contributed by atoms with E-state index in [2.05, 4.69) is 11.8 Å². The van der Waals surface area contributed by atoms with Crippen LogP contribution in [0.5, 0.6) is 0 Å². The van der Waals surface area contributed by atoms with Gasteiger partial charge in [0.2, 0.25) is 0 Å². The van der Waals surface area contributed by atoms with E-state index in [0.29, 0.717) is 6.42 Å². The maximum absolute atomic E-state index is 10.3. The van der Waals surface area contributed by atoms with Gasteiger partial charge in [0.05, 0.1) is 6.10 Å². The van der Waals surface area contributed by atoms with Crippen LogP contribution in [0.15, 0.2) is 12.2 Å². The largest absolute Gasteiger partial charge is 0.481 e. The average Bonchev–Trinajstić information content (AvgIpc) is 2.40. The Morgan fingerprint density at radius 3 is 2.45 bits per heavy atom. The zero-order valence-corrected chi connectivity index (χ0v) is 12.6. The van der Waals surface area contributed by atoms with Crippen LogP contribution >= 0.6 is 0 Å². The van der Waals surface area contributed by atoms with Gasteiger partial charge >= 0.3 is 5.97 Å². The van der Waals surface area contributed by atoms with Crippen LogP contribution in [-0.4, -0.2) is 22.3 Å². The quantitative estimate of drug-likeness (QED) is 0.445. The Morgan fingerprint density at radius 1 is 1.15 bits per heavy atom.